The van der Waals surface area contributed by atoms with Gasteiger partial charge in [0.25, 0.3) is 0 Å². The largest absolute Gasteiger partial charge is 0.401 e. The Balaban J connectivity index is 2.23. The van der Waals surface area contributed by atoms with E-state index in [0.29, 0.717) is 30.3 Å². The number of thioether (sulfide) groups is 1. The smallest absolute Gasteiger partial charge is 0.355 e. The summed E-state index contributed by atoms with van der Waals surface area (Å²) in [7, 11) is 3.15. The van der Waals surface area contributed by atoms with Crippen molar-refractivity contribution in [3.8, 4) is 0 Å². The molecule has 8 heteroatoms. The average Bonchev–Trinajstić information content (AvgIpc) is 2.83. The number of hydrogen-bond acceptors (Lipinski definition) is 3. The van der Waals surface area contributed by atoms with Crippen LogP contribution in [0.3, 0.4) is 0 Å². The van der Waals surface area contributed by atoms with Crippen LogP contribution in [0.1, 0.15) is 26.2 Å². The van der Waals surface area contributed by atoms with Crippen LogP contribution in [0.15, 0.2) is 4.99 Å². The number of aliphatic imine (C=N–C) groups is 1. The third kappa shape index (κ3) is 8.12. The van der Waals surface area contributed by atoms with Crippen molar-refractivity contribution in [3.05, 3.63) is 0 Å². The van der Waals surface area contributed by atoms with Gasteiger partial charge in [-0.25, -0.2) is 0 Å². The Kier molecular flexibility index (Phi) is 8.38. The molecule has 1 saturated carbocycles. The van der Waals surface area contributed by atoms with E-state index in [1.165, 1.54) is 18.4 Å². The van der Waals surface area contributed by atoms with Gasteiger partial charge in [0, 0.05) is 31.4 Å². The molecule has 4 nitrogen and oxygen atoms in total. The summed E-state index contributed by atoms with van der Waals surface area (Å²) in [5.74, 6) is 1.81. The summed E-state index contributed by atoms with van der Waals surface area (Å²) in [5.41, 5.74) is 0. The fraction of sp³-hybridized carbons (Fsp3) is 0.929. The van der Waals surface area contributed by atoms with Crippen molar-refractivity contribution in [1.82, 2.24) is 15.5 Å². The third-order valence-electron chi connectivity index (χ3n) is 3.59. The Morgan fingerprint density at radius 3 is 2.68 bits per heavy atom. The second-order valence-corrected chi connectivity index (χ2v) is 7.16. The van der Waals surface area contributed by atoms with E-state index in [2.05, 4.69) is 22.5 Å². The SMILES string of the molecule is CCSC1CCC(NC(=NC)NCCN(C)CC(F)(F)F)C1. The zero-order chi connectivity index (χ0) is 16.6. The van der Waals surface area contributed by atoms with Gasteiger partial charge in [0.2, 0.25) is 0 Å². The molecule has 0 heterocycles. The van der Waals surface area contributed by atoms with Gasteiger partial charge in [-0.2, -0.15) is 24.9 Å². The molecule has 0 radical (unpaired) electrons. The van der Waals surface area contributed by atoms with E-state index in [9.17, 15) is 13.2 Å². The second kappa shape index (κ2) is 9.50. The van der Waals surface area contributed by atoms with Crippen molar-refractivity contribution < 1.29 is 13.2 Å². The van der Waals surface area contributed by atoms with Crippen LogP contribution in [0.4, 0.5) is 13.2 Å². The summed E-state index contributed by atoms with van der Waals surface area (Å²) < 4.78 is 36.7. The van der Waals surface area contributed by atoms with Crippen LogP contribution < -0.4 is 10.6 Å². The van der Waals surface area contributed by atoms with Crippen molar-refractivity contribution in [2.75, 3.05) is 39.5 Å². The molecule has 2 atom stereocenters. The van der Waals surface area contributed by atoms with Crippen molar-refractivity contribution >= 4 is 17.7 Å². The maximum absolute atomic E-state index is 12.2. The normalized spacial score (nSPS) is 23.1. The van der Waals surface area contributed by atoms with Gasteiger partial charge in [-0.05, 0) is 32.1 Å². The lowest BCUT2D eigenvalue weighted by Gasteiger charge is -2.21. The maximum atomic E-state index is 12.2. The Hall–Kier alpha value is -0.630. The average molecular weight is 340 g/mol. The van der Waals surface area contributed by atoms with Crippen molar-refractivity contribution in [3.63, 3.8) is 0 Å². The first-order valence-corrected chi connectivity index (χ1v) is 8.73. The zero-order valence-electron chi connectivity index (χ0n) is 13.5. The monoisotopic (exact) mass is 340 g/mol. The molecule has 0 spiro atoms. The molecule has 1 aliphatic carbocycles. The van der Waals surface area contributed by atoms with Crippen LogP contribution in [0, 0.1) is 0 Å². The van der Waals surface area contributed by atoms with Crippen LogP contribution >= 0.6 is 11.8 Å². The molecule has 130 valence electrons. The molecule has 0 bridgehead atoms. The van der Waals surface area contributed by atoms with Crippen molar-refractivity contribution in [2.24, 2.45) is 4.99 Å². The van der Waals surface area contributed by atoms with Crippen molar-refractivity contribution in [2.45, 2.75) is 43.7 Å². The Labute approximate surface area is 135 Å². The van der Waals surface area contributed by atoms with Gasteiger partial charge in [-0.15, -0.1) is 0 Å². The van der Waals surface area contributed by atoms with Gasteiger partial charge in [-0.1, -0.05) is 6.92 Å². The highest BCUT2D eigenvalue weighted by atomic mass is 32.2. The van der Waals surface area contributed by atoms with E-state index in [1.807, 2.05) is 11.8 Å². The zero-order valence-corrected chi connectivity index (χ0v) is 14.4. The van der Waals surface area contributed by atoms with Gasteiger partial charge in [-0.3, -0.25) is 9.89 Å². The number of hydrogen-bond donors (Lipinski definition) is 2. The molecular weight excluding hydrogens is 313 g/mol. The number of nitrogens with zero attached hydrogens (tertiary/aromatic N) is 2. The third-order valence-corrected chi connectivity index (χ3v) is 4.82. The molecule has 0 saturated heterocycles. The Bertz CT molecular complexity index is 349. The fourth-order valence-corrected chi connectivity index (χ4v) is 3.74. The summed E-state index contributed by atoms with van der Waals surface area (Å²) >= 11 is 1.99. The first-order valence-electron chi connectivity index (χ1n) is 7.68. The lowest BCUT2D eigenvalue weighted by molar-refractivity contribution is -0.142. The van der Waals surface area contributed by atoms with E-state index in [0.717, 1.165) is 18.6 Å². The quantitative estimate of drug-likeness (QED) is 0.551. The van der Waals surface area contributed by atoms with Crippen LogP contribution in [0.5, 0.6) is 0 Å². The fourth-order valence-electron chi connectivity index (χ4n) is 2.60. The number of likely N-dealkylation sites (N-methyl/N-ethyl adjacent to an activating group) is 1. The molecule has 1 fully saturated rings. The number of nitrogens with one attached hydrogen (secondary N) is 2. The number of alkyl halides is 3. The minimum absolute atomic E-state index is 0.319. The summed E-state index contributed by atoms with van der Waals surface area (Å²) in [5, 5.41) is 7.15. The molecule has 0 amide bonds. The van der Waals surface area contributed by atoms with Crippen LogP contribution in [-0.4, -0.2) is 67.8 Å². The van der Waals surface area contributed by atoms with Gasteiger partial charge in [0.05, 0.1) is 6.54 Å². The van der Waals surface area contributed by atoms with E-state index < -0.39 is 12.7 Å². The van der Waals surface area contributed by atoms with E-state index in [-0.39, 0.29) is 0 Å². The van der Waals surface area contributed by atoms with E-state index >= 15 is 0 Å². The van der Waals surface area contributed by atoms with Crippen LogP contribution in [0.2, 0.25) is 0 Å². The molecule has 2 N–H and O–H groups in total. The molecule has 0 aromatic carbocycles. The minimum Gasteiger partial charge on any atom is -0.355 e. The topological polar surface area (TPSA) is 39.7 Å². The minimum atomic E-state index is -4.15. The molecule has 0 aromatic rings. The van der Waals surface area contributed by atoms with E-state index in [4.69, 9.17) is 0 Å². The lowest BCUT2D eigenvalue weighted by Crippen LogP contribution is -2.45. The van der Waals surface area contributed by atoms with Gasteiger partial charge >= 0.3 is 6.18 Å². The predicted molar refractivity (Wildman–Crippen MR) is 87.6 cm³/mol. The molecule has 0 aliphatic heterocycles. The highest BCUT2D eigenvalue weighted by molar-refractivity contribution is 7.99. The van der Waals surface area contributed by atoms with Gasteiger partial charge < -0.3 is 10.6 Å². The molecule has 1 aliphatic rings. The van der Waals surface area contributed by atoms with Gasteiger partial charge in [0.1, 0.15) is 0 Å². The van der Waals surface area contributed by atoms with Crippen LogP contribution in [-0.2, 0) is 0 Å². The molecule has 1 rings (SSSR count). The highest BCUT2D eigenvalue weighted by Crippen LogP contribution is 2.29. The first kappa shape index (κ1) is 19.4. The Morgan fingerprint density at radius 1 is 1.36 bits per heavy atom. The lowest BCUT2D eigenvalue weighted by atomic mass is 10.2. The predicted octanol–water partition coefficient (Wildman–Crippen LogP) is 2.32. The van der Waals surface area contributed by atoms with Crippen molar-refractivity contribution in [1.29, 1.82) is 0 Å². The number of halogens is 3. The summed E-state index contributed by atoms with van der Waals surface area (Å²) in [6.07, 6.45) is -0.703. The second-order valence-electron chi connectivity index (χ2n) is 5.58. The summed E-state index contributed by atoms with van der Waals surface area (Å²) in [4.78, 5) is 5.39. The highest BCUT2D eigenvalue weighted by Gasteiger charge is 2.29. The Morgan fingerprint density at radius 2 is 2.09 bits per heavy atom. The number of rotatable bonds is 7. The molecule has 22 heavy (non-hydrogen) atoms. The summed E-state index contributed by atoms with van der Waals surface area (Å²) in [6, 6.07) is 0.406. The molecule has 2 unspecified atom stereocenters. The standard InChI is InChI=1S/C14H27F3N4S/c1-4-22-12-6-5-11(9-12)20-13(18-2)19-7-8-21(3)10-14(15,16)17/h11-12H,4-10H2,1-3H3,(H2,18,19,20). The molecule has 0 aromatic heterocycles. The molecular formula is C14H27F3N4S. The number of guanidine groups is 1. The first-order chi connectivity index (χ1) is 10.3. The van der Waals surface area contributed by atoms with Crippen LogP contribution in [0.25, 0.3) is 0 Å². The maximum Gasteiger partial charge on any atom is 0.401 e. The van der Waals surface area contributed by atoms with E-state index in [1.54, 1.807) is 7.05 Å². The van der Waals surface area contributed by atoms with Gasteiger partial charge in [0.15, 0.2) is 5.96 Å². The summed E-state index contributed by atoms with van der Waals surface area (Å²) in [6.45, 7) is 2.04.